The van der Waals surface area contributed by atoms with E-state index in [2.05, 4.69) is 0 Å². The van der Waals surface area contributed by atoms with E-state index in [4.69, 9.17) is 5.73 Å². The fourth-order valence-corrected chi connectivity index (χ4v) is 3.05. The summed E-state index contributed by atoms with van der Waals surface area (Å²) in [5.41, 5.74) is 5.29. The van der Waals surface area contributed by atoms with Crippen LogP contribution in [0.5, 0.6) is 0 Å². The Morgan fingerprint density at radius 2 is 1.93 bits per heavy atom. The molecule has 1 amide bonds. The molecule has 1 unspecified atom stereocenters. The quantitative estimate of drug-likeness (QED) is 0.747. The Morgan fingerprint density at radius 3 is 2.40 bits per heavy atom. The van der Waals surface area contributed by atoms with E-state index >= 15 is 0 Å². The first-order valence-electron chi connectivity index (χ1n) is 5.30. The Kier molecular flexibility index (Phi) is 4.28. The van der Waals surface area contributed by atoms with Gasteiger partial charge in [0.05, 0.1) is 0 Å². The van der Waals surface area contributed by atoms with E-state index in [1.165, 1.54) is 0 Å². The minimum Gasteiger partial charge on any atom is -0.342 e. The van der Waals surface area contributed by atoms with Crippen LogP contribution in [0.4, 0.5) is 0 Å². The summed E-state index contributed by atoms with van der Waals surface area (Å²) in [7, 11) is -1.13. The van der Waals surface area contributed by atoms with Gasteiger partial charge in [-0.2, -0.15) is 0 Å². The molecule has 88 valence electrons. The largest absolute Gasteiger partial charge is 0.342 e. The number of nitrogens with two attached hydrogens (primary N) is 1. The zero-order valence-electron chi connectivity index (χ0n) is 9.49. The predicted molar refractivity (Wildman–Crippen MR) is 62.0 cm³/mol. The molecule has 0 spiro atoms. The van der Waals surface area contributed by atoms with Gasteiger partial charge in [-0.25, -0.2) is 0 Å². The summed E-state index contributed by atoms with van der Waals surface area (Å²) in [5, 5.41) is 0. The molecule has 1 atom stereocenters. The van der Waals surface area contributed by atoms with E-state index in [9.17, 15) is 9.00 Å². The van der Waals surface area contributed by atoms with Crippen LogP contribution in [0.3, 0.4) is 0 Å². The molecular weight excluding hydrogens is 212 g/mol. The Bertz CT molecular complexity index is 255. The van der Waals surface area contributed by atoms with Gasteiger partial charge in [-0.1, -0.05) is 0 Å². The summed E-state index contributed by atoms with van der Waals surface area (Å²) in [4.78, 5) is 13.4. The van der Waals surface area contributed by atoms with Gasteiger partial charge >= 0.3 is 0 Å². The number of carbonyl (C=O) groups is 1. The minimum absolute atomic E-state index is 0.00934. The van der Waals surface area contributed by atoms with Gasteiger partial charge in [0.2, 0.25) is 5.91 Å². The van der Waals surface area contributed by atoms with Crippen LogP contribution < -0.4 is 5.73 Å². The summed E-state index contributed by atoms with van der Waals surface area (Å²) >= 11 is 0. The highest BCUT2D eigenvalue weighted by Gasteiger charge is 2.22. The second-order valence-electron chi connectivity index (χ2n) is 4.80. The maximum atomic E-state index is 11.6. The molecule has 0 aliphatic carbocycles. The lowest BCUT2D eigenvalue weighted by Crippen LogP contribution is -2.41. The first-order valence-corrected chi connectivity index (χ1v) is 6.79. The molecular formula is C10H20N2O2S. The summed E-state index contributed by atoms with van der Waals surface area (Å²) in [6.07, 6.45) is 2.14. The van der Waals surface area contributed by atoms with Crippen LogP contribution >= 0.6 is 0 Å². The second kappa shape index (κ2) is 5.07. The van der Waals surface area contributed by atoms with E-state index in [0.29, 0.717) is 5.75 Å². The smallest absolute Gasteiger partial charge is 0.235 e. The van der Waals surface area contributed by atoms with Crippen molar-refractivity contribution in [1.29, 1.82) is 0 Å². The number of amides is 1. The zero-order chi connectivity index (χ0) is 11.5. The lowest BCUT2D eigenvalue weighted by atomic mass is 10.1. The van der Waals surface area contributed by atoms with E-state index in [1.54, 1.807) is 4.90 Å². The van der Waals surface area contributed by atoms with Crippen molar-refractivity contribution in [3.8, 4) is 0 Å². The number of hydrogen-bond acceptors (Lipinski definition) is 3. The third-order valence-corrected chi connectivity index (χ3v) is 3.91. The molecule has 1 aliphatic rings. The molecule has 1 saturated heterocycles. The first kappa shape index (κ1) is 12.6. The molecule has 0 aromatic heterocycles. The van der Waals surface area contributed by atoms with Crippen LogP contribution in [-0.2, 0) is 15.6 Å². The number of nitrogens with zero attached hydrogens (tertiary/aromatic N) is 1. The lowest BCUT2D eigenvalue weighted by molar-refractivity contribution is -0.127. The third kappa shape index (κ3) is 4.75. The Morgan fingerprint density at radius 1 is 1.40 bits per heavy atom. The third-order valence-electron chi connectivity index (χ3n) is 2.28. The number of likely N-dealkylation sites (tertiary alicyclic amines) is 1. The van der Waals surface area contributed by atoms with Gasteiger partial charge in [0.1, 0.15) is 5.75 Å². The molecule has 0 aromatic rings. The van der Waals surface area contributed by atoms with E-state index in [0.717, 1.165) is 25.9 Å². The van der Waals surface area contributed by atoms with Crippen molar-refractivity contribution in [1.82, 2.24) is 4.90 Å². The first-order chi connectivity index (χ1) is 6.88. The molecule has 0 saturated carbocycles. The summed E-state index contributed by atoms with van der Waals surface area (Å²) < 4.78 is 11.6. The lowest BCUT2D eigenvalue weighted by Gasteiger charge is -2.19. The van der Waals surface area contributed by atoms with Gasteiger partial charge < -0.3 is 10.6 Å². The highest BCUT2D eigenvalue weighted by atomic mass is 32.2. The van der Waals surface area contributed by atoms with Gasteiger partial charge in [-0.3, -0.25) is 9.00 Å². The van der Waals surface area contributed by atoms with Gasteiger partial charge in [0.25, 0.3) is 0 Å². The Hall–Kier alpha value is -0.420. The molecule has 1 rings (SSSR count). The normalized spacial score (nSPS) is 19.3. The highest BCUT2D eigenvalue weighted by molar-refractivity contribution is 7.85. The average molecular weight is 232 g/mol. The van der Waals surface area contributed by atoms with Crippen molar-refractivity contribution in [3.05, 3.63) is 0 Å². The molecule has 1 fully saturated rings. The fraction of sp³-hybridized carbons (Fsp3) is 0.900. The summed E-state index contributed by atoms with van der Waals surface area (Å²) in [6, 6.07) is 0. The van der Waals surface area contributed by atoms with E-state index in [-0.39, 0.29) is 11.7 Å². The predicted octanol–water partition coefficient (Wildman–Crippen LogP) is 0.0948. The maximum absolute atomic E-state index is 11.6. The molecule has 15 heavy (non-hydrogen) atoms. The average Bonchev–Trinajstić information content (AvgIpc) is 2.50. The number of rotatable bonds is 4. The summed E-state index contributed by atoms with van der Waals surface area (Å²) in [6.45, 7) is 5.29. The van der Waals surface area contributed by atoms with Crippen molar-refractivity contribution >= 4 is 16.7 Å². The van der Waals surface area contributed by atoms with Gasteiger partial charge in [-0.15, -0.1) is 0 Å². The highest BCUT2D eigenvalue weighted by Crippen LogP contribution is 2.08. The topological polar surface area (TPSA) is 63.4 Å². The van der Waals surface area contributed by atoms with Crippen LogP contribution in [0.25, 0.3) is 0 Å². The van der Waals surface area contributed by atoms with Crippen LogP contribution in [0, 0.1) is 0 Å². The second-order valence-corrected chi connectivity index (χ2v) is 6.26. The van der Waals surface area contributed by atoms with Crippen molar-refractivity contribution in [2.24, 2.45) is 5.73 Å². The van der Waals surface area contributed by atoms with Crippen molar-refractivity contribution in [3.63, 3.8) is 0 Å². The molecule has 4 nitrogen and oxygen atoms in total. The van der Waals surface area contributed by atoms with Crippen LogP contribution in [0.2, 0.25) is 0 Å². The number of carbonyl (C=O) groups excluding carboxylic acids is 1. The van der Waals surface area contributed by atoms with Gasteiger partial charge in [-0.05, 0) is 26.7 Å². The number of hydrogen-bond donors (Lipinski definition) is 1. The zero-order valence-corrected chi connectivity index (χ0v) is 10.3. The van der Waals surface area contributed by atoms with Crippen LogP contribution in [-0.4, -0.2) is 45.2 Å². The van der Waals surface area contributed by atoms with Crippen LogP contribution in [0.1, 0.15) is 26.7 Å². The molecule has 1 aliphatic heterocycles. The Balaban J connectivity index is 2.34. The fourth-order valence-electron chi connectivity index (χ4n) is 1.66. The monoisotopic (exact) mass is 232 g/mol. The minimum atomic E-state index is -1.13. The summed E-state index contributed by atoms with van der Waals surface area (Å²) in [5.74, 6) is 0.516. The maximum Gasteiger partial charge on any atom is 0.235 e. The molecule has 1 heterocycles. The molecule has 0 bridgehead atoms. The van der Waals surface area contributed by atoms with E-state index in [1.807, 2.05) is 13.8 Å². The van der Waals surface area contributed by atoms with Gasteiger partial charge in [0.15, 0.2) is 0 Å². The van der Waals surface area contributed by atoms with Crippen molar-refractivity contribution in [2.75, 3.05) is 24.6 Å². The molecule has 0 aromatic carbocycles. The molecule has 2 N–H and O–H groups in total. The van der Waals surface area contributed by atoms with Gasteiger partial charge in [0, 0.05) is 35.2 Å². The van der Waals surface area contributed by atoms with Crippen molar-refractivity contribution < 1.29 is 9.00 Å². The standard InChI is InChI=1S/C10H20N2O2S/c1-10(2,11)8-15(14)7-9(13)12-5-3-4-6-12/h3-8,11H2,1-2H3. The van der Waals surface area contributed by atoms with Crippen LogP contribution in [0.15, 0.2) is 0 Å². The molecule has 0 radical (unpaired) electrons. The Labute approximate surface area is 93.7 Å². The molecule has 5 heteroatoms. The van der Waals surface area contributed by atoms with E-state index < -0.39 is 16.3 Å². The SMILES string of the molecule is CC(C)(N)CS(=O)CC(=O)N1CCCC1. The van der Waals surface area contributed by atoms with Crippen molar-refractivity contribution in [2.45, 2.75) is 32.2 Å².